The minimum atomic E-state index is 0.844. The van der Waals surface area contributed by atoms with Gasteiger partial charge in [0.1, 0.15) is 5.03 Å². The lowest BCUT2D eigenvalue weighted by atomic mass is 10.2. The van der Waals surface area contributed by atoms with E-state index in [1.807, 2.05) is 12.1 Å². The van der Waals surface area contributed by atoms with E-state index in [0.29, 0.717) is 0 Å². The van der Waals surface area contributed by atoms with Gasteiger partial charge in [0.05, 0.1) is 15.5 Å². The van der Waals surface area contributed by atoms with E-state index >= 15 is 0 Å². The zero-order valence-corrected chi connectivity index (χ0v) is 13.9. The van der Waals surface area contributed by atoms with Crippen LogP contribution >= 0.6 is 43.6 Å². The molecular formula is C13H9Br2N3S. The molecule has 2 heterocycles. The molecule has 0 saturated heterocycles. The molecule has 3 aromatic rings. The smallest absolute Gasteiger partial charge is 0.172 e. The van der Waals surface area contributed by atoms with Crippen LogP contribution < -0.4 is 0 Å². The fourth-order valence-electron chi connectivity index (χ4n) is 1.72. The van der Waals surface area contributed by atoms with Crippen molar-refractivity contribution in [3.8, 4) is 0 Å². The highest BCUT2D eigenvalue weighted by molar-refractivity contribution is 9.11. The lowest BCUT2D eigenvalue weighted by molar-refractivity contribution is 1.04. The summed E-state index contributed by atoms with van der Waals surface area (Å²) in [6, 6.07) is 8.15. The summed E-state index contributed by atoms with van der Waals surface area (Å²) in [6.45, 7) is 2.07. The molecule has 1 N–H and O–H groups in total. The average molecular weight is 399 g/mol. The predicted molar refractivity (Wildman–Crippen MR) is 84.6 cm³/mol. The van der Waals surface area contributed by atoms with Gasteiger partial charge in [-0.3, -0.25) is 0 Å². The van der Waals surface area contributed by atoms with Crippen molar-refractivity contribution in [2.24, 2.45) is 0 Å². The van der Waals surface area contributed by atoms with E-state index in [0.717, 1.165) is 30.2 Å². The van der Waals surface area contributed by atoms with Crippen molar-refractivity contribution in [3.05, 3.63) is 45.0 Å². The molecular weight excluding hydrogens is 390 g/mol. The summed E-state index contributed by atoms with van der Waals surface area (Å²) in [5.41, 5.74) is 3.24. The highest BCUT2D eigenvalue weighted by Gasteiger charge is 2.09. The predicted octanol–water partition coefficient (Wildman–Crippen LogP) is 4.94. The van der Waals surface area contributed by atoms with Crippen LogP contribution in [-0.2, 0) is 0 Å². The lowest BCUT2D eigenvalue weighted by Crippen LogP contribution is -1.83. The van der Waals surface area contributed by atoms with Gasteiger partial charge in [0.2, 0.25) is 0 Å². The molecule has 2 aromatic heterocycles. The van der Waals surface area contributed by atoms with Crippen LogP contribution in [0.1, 0.15) is 5.56 Å². The molecule has 96 valence electrons. The number of aromatic nitrogens is 3. The summed E-state index contributed by atoms with van der Waals surface area (Å²) < 4.78 is 1.90. The van der Waals surface area contributed by atoms with Crippen molar-refractivity contribution in [1.82, 2.24) is 15.0 Å². The first-order chi connectivity index (χ1) is 9.11. The van der Waals surface area contributed by atoms with Gasteiger partial charge in [-0.05, 0) is 74.3 Å². The van der Waals surface area contributed by atoms with E-state index in [2.05, 4.69) is 65.9 Å². The van der Waals surface area contributed by atoms with Gasteiger partial charge in [0.15, 0.2) is 5.16 Å². The molecule has 6 heteroatoms. The Bertz CT molecular complexity index is 755. The Morgan fingerprint density at radius 1 is 1.21 bits per heavy atom. The van der Waals surface area contributed by atoms with E-state index in [4.69, 9.17) is 0 Å². The van der Waals surface area contributed by atoms with Crippen LogP contribution in [0.2, 0.25) is 0 Å². The zero-order chi connectivity index (χ0) is 13.4. The van der Waals surface area contributed by atoms with E-state index in [1.165, 1.54) is 17.3 Å². The molecule has 0 amide bonds. The van der Waals surface area contributed by atoms with Crippen molar-refractivity contribution in [3.63, 3.8) is 0 Å². The van der Waals surface area contributed by atoms with Gasteiger partial charge >= 0.3 is 0 Å². The lowest BCUT2D eigenvalue weighted by Gasteiger charge is -2.00. The fourth-order valence-corrected chi connectivity index (χ4v) is 3.70. The van der Waals surface area contributed by atoms with Crippen LogP contribution in [0.4, 0.5) is 0 Å². The molecule has 0 spiro atoms. The molecule has 19 heavy (non-hydrogen) atoms. The number of aryl methyl sites for hydroxylation is 1. The summed E-state index contributed by atoms with van der Waals surface area (Å²) in [7, 11) is 0. The Morgan fingerprint density at radius 2 is 2.05 bits per heavy atom. The third-order valence-corrected chi connectivity index (χ3v) is 4.79. The number of nitrogens with one attached hydrogen (secondary N) is 1. The normalized spacial score (nSPS) is 11.1. The zero-order valence-electron chi connectivity index (χ0n) is 9.95. The molecule has 0 unspecified atom stereocenters. The van der Waals surface area contributed by atoms with Gasteiger partial charge in [-0.2, -0.15) is 0 Å². The maximum atomic E-state index is 4.55. The van der Waals surface area contributed by atoms with Crippen molar-refractivity contribution in [1.29, 1.82) is 0 Å². The molecule has 0 atom stereocenters. The van der Waals surface area contributed by atoms with Crippen LogP contribution in [0.15, 0.2) is 49.6 Å². The minimum absolute atomic E-state index is 0.844. The molecule has 0 radical (unpaired) electrons. The second-order valence-corrected chi connectivity index (χ2v) is 6.85. The average Bonchev–Trinajstić information content (AvgIpc) is 2.74. The Hall–Kier alpha value is -0.850. The number of nitrogens with zero attached hydrogens (tertiary/aromatic N) is 2. The highest BCUT2D eigenvalue weighted by Crippen LogP contribution is 2.32. The van der Waals surface area contributed by atoms with E-state index in [9.17, 15) is 0 Å². The number of hydrogen-bond donors (Lipinski definition) is 1. The Labute approximate surface area is 131 Å². The number of halogens is 2. The van der Waals surface area contributed by atoms with Crippen LogP contribution in [0.3, 0.4) is 0 Å². The minimum Gasteiger partial charge on any atom is -0.333 e. The number of imidazole rings is 1. The third kappa shape index (κ3) is 2.85. The quantitative estimate of drug-likeness (QED) is 0.664. The number of H-pyrrole nitrogens is 1. The van der Waals surface area contributed by atoms with Crippen LogP contribution in [-0.4, -0.2) is 15.0 Å². The summed E-state index contributed by atoms with van der Waals surface area (Å²) >= 11 is 8.41. The second kappa shape index (κ2) is 5.26. The molecule has 0 saturated carbocycles. The molecule has 3 nitrogen and oxygen atoms in total. The van der Waals surface area contributed by atoms with Gasteiger partial charge in [-0.1, -0.05) is 6.07 Å². The standard InChI is InChI=1S/C13H9Br2N3S/c1-7-2-3-10-11(4-7)18-13(17-10)19-12-9(15)5-8(14)6-16-12/h2-6H,1H3,(H,17,18). The first-order valence-electron chi connectivity index (χ1n) is 5.57. The molecule has 3 rings (SSSR count). The second-order valence-electron chi connectivity index (χ2n) is 4.11. The Morgan fingerprint density at radius 3 is 2.84 bits per heavy atom. The molecule has 0 aliphatic rings. The number of benzene rings is 1. The SMILES string of the molecule is Cc1ccc2nc(Sc3ncc(Br)cc3Br)[nH]c2c1. The fraction of sp³-hybridized carbons (Fsp3) is 0.0769. The third-order valence-electron chi connectivity index (χ3n) is 2.58. The summed E-state index contributed by atoms with van der Waals surface area (Å²) in [5, 5.41) is 1.73. The molecule has 0 bridgehead atoms. The van der Waals surface area contributed by atoms with Gasteiger partial charge in [-0.25, -0.2) is 9.97 Å². The number of pyridine rings is 1. The van der Waals surface area contributed by atoms with E-state index < -0.39 is 0 Å². The maximum absolute atomic E-state index is 4.55. The van der Waals surface area contributed by atoms with Crippen LogP contribution in [0.25, 0.3) is 11.0 Å². The maximum Gasteiger partial charge on any atom is 0.172 e. The van der Waals surface area contributed by atoms with Crippen molar-refractivity contribution in [2.45, 2.75) is 17.1 Å². The number of aromatic amines is 1. The van der Waals surface area contributed by atoms with Gasteiger partial charge in [0, 0.05) is 10.7 Å². The van der Waals surface area contributed by atoms with Crippen molar-refractivity contribution in [2.75, 3.05) is 0 Å². The molecule has 1 aromatic carbocycles. The van der Waals surface area contributed by atoms with Gasteiger partial charge in [0.25, 0.3) is 0 Å². The van der Waals surface area contributed by atoms with Gasteiger partial charge < -0.3 is 4.98 Å². The van der Waals surface area contributed by atoms with Gasteiger partial charge in [-0.15, -0.1) is 0 Å². The monoisotopic (exact) mass is 397 g/mol. The van der Waals surface area contributed by atoms with E-state index in [1.54, 1.807) is 6.20 Å². The Kier molecular flexibility index (Phi) is 3.64. The molecule has 0 aliphatic heterocycles. The number of fused-ring (bicyclic) bond motifs is 1. The van der Waals surface area contributed by atoms with Crippen molar-refractivity contribution < 1.29 is 0 Å². The summed E-state index contributed by atoms with van der Waals surface area (Å²) in [4.78, 5) is 12.2. The summed E-state index contributed by atoms with van der Waals surface area (Å²) in [6.07, 6.45) is 1.78. The van der Waals surface area contributed by atoms with Crippen molar-refractivity contribution >= 4 is 54.7 Å². The molecule has 0 aliphatic carbocycles. The first-order valence-corrected chi connectivity index (χ1v) is 7.97. The summed E-state index contributed by atoms with van der Waals surface area (Å²) in [5.74, 6) is 0. The van der Waals surface area contributed by atoms with Crippen LogP contribution in [0, 0.1) is 6.92 Å². The number of hydrogen-bond acceptors (Lipinski definition) is 3. The van der Waals surface area contributed by atoms with E-state index in [-0.39, 0.29) is 0 Å². The largest absolute Gasteiger partial charge is 0.333 e. The molecule has 0 fully saturated rings. The van der Waals surface area contributed by atoms with Crippen LogP contribution in [0.5, 0.6) is 0 Å². The highest BCUT2D eigenvalue weighted by atomic mass is 79.9. The number of rotatable bonds is 2. The topological polar surface area (TPSA) is 41.6 Å². The first kappa shape index (κ1) is 13.1. The Balaban J connectivity index is 1.96.